The number of amides is 2. The zero-order valence-corrected chi connectivity index (χ0v) is 22.6. The van der Waals surface area contributed by atoms with Crippen LogP contribution in [0.3, 0.4) is 0 Å². The molecule has 1 aliphatic heterocycles. The number of fused-ring (bicyclic) bond motifs is 2. The van der Waals surface area contributed by atoms with Crippen molar-refractivity contribution in [1.29, 1.82) is 0 Å². The molecular weight excluding hydrogens is 527 g/mol. The Morgan fingerprint density at radius 3 is 2.66 bits per heavy atom. The van der Waals surface area contributed by atoms with E-state index >= 15 is 0 Å². The third-order valence-corrected chi connectivity index (χ3v) is 8.10. The fraction of sp³-hybridized carbons (Fsp3) is 0.290. The van der Waals surface area contributed by atoms with Gasteiger partial charge in [-0.2, -0.15) is 0 Å². The summed E-state index contributed by atoms with van der Waals surface area (Å²) in [5.41, 5.74) is 5.74. The molecule has 10 heteroatoms. The molecule has 2 aromatic carbocycles. The molecule has 2 aromatic heterocycles. The Morgan fingerprint density at radius 2 is 1.98 bits per heavy atom. The zero-order valence-electron chi connectivity index (χ0n) is 22.6. The summed E-state index contributed by atoms with van der Waals surface area (Å²) in [6, 6.07) is 14.3. The van der Waals surface area contributed by atoms with E-state index in [9.17, 15) is 19.1 Å². The van der Waals surface area contributed by atoms with Crippen LogP contribution in [-0.4, -0.2) is 47.2 Å². The largest absolute Gasteiger partial charge is 0.494 e. The van der Waals surface area contributed by atoms with Crippen LogP contribution in [0.5, 0.6) is 11.5 Å². The van der Waals surface area contributed by atoms with E-state index in [-0.39, 0.29) is 24.8 Å². The summed E-state index contributed by atoms with van der Waals surface area (Å²) in [5, 5.41) is 15.7. The quantitative estimate of drug-likeness (QED) is 0.302. The number of halogens is 1. The summed E-state index contributed by atoms with van der Waals surface area (Å²) in [6.45, 7) is 1.56. The molecule has 4 aromatic rings. The van der Waals surface area contributed by atoms with Gasteiger partial charge in [-0.3, -0.25) is 14.6 Å². The zero-order chi connectivity index (χ0) is 28.9. The predicted molar refractivity (Wildman–Crippen MR) is 149 cm³/mol. The molecule has 0 bridgehead atoms. The molecule has 2 amide bonds. The van der Waals surface area contributed by atoms with E-state index in [4.69, 9.17) is 20.2 Å². The van der Waals surface area contributed by atoms with Crippen LogP contribution in [0.2, 0.25) is 0 Å². The Morgan fingerprint density at radius 1 is 1.22 bits per heavy atom. The molecule has 210 valence electrons. The molecule has 9 nitrogen and oxygen atoms in total. The number of hydrogen-bond donors (Lipinski definition) is 3. The normalized spacial score (nSPS) is 19.2. The first kappa shape index (κ1) is 26.6. The Bertz CT molecular complexity index is 1690. The van der Waals surface area contributed by atoms with E-state index in [1.54, 1.807) is 49.5 Å². The maximum atomic E-state index is 13.7. The van der Waals surface area contributed by atoms with Crippen LogP contribution in [0.1, 0.15) is 41.4 Å². The van der Waals surface area contributed by atoms with Crippen molar-refractivity contribution in [2.75, 3.05) is 20.3 Å². The third kappa shape index (κ3) is 4.54. The third-order valence-electron chi connectivity index (χ3n) is 8.10. The molecule has 3 heterocycles. The smallest absolute Gasteiger partial charge is 0.251 e. The maximum absolute atomic E-state index is 13.7. The van der Waals surface area contributed by atoms with Gasteiger partial charge >= 0.3 is 0 Å². The molecule has 0 spiro atoms. The molecule has 6 rings (SSSR count). The fourth-order valence-corrected chi connectivity index (χ4v) is 5.38. The molecule has 2 aliphatic rings. The minimum absolute atomic E-state index is 0.00818. The summed E-state index contributed by atoms with van der Waals surface area (Å²) < 4.78 is 25.1. The molecule has 2 atom stereocenters. The Kier molecular flexibility index (Phi) is 6.37. The Labute approximate surface area is 235 Å². The van der Waals surface area contributed by atoms with Crippen LogP contribution in [0.4, 0.5) is 4.39 Å². The van der Waals surface area contributed by atoms with Gasteiger partial charge in [-0.25, -0.2) is 9.37 Å². The number of aliphatic hydroxyl groups is 1. The highest BCUT2D eigenvalue weighted by molar-refractivity contribution is 6.00. The van der Waals surface area contributed by atoms with Crippen molar-refractivity contribution in [2.45, 2.75) is 30.8 Å². The number of hydrogen-bond acceptors (Lipinski definition) is 7. The minimum Gasteiger partial charge on any atom is -0.494 e. The summed E-state index contributed by atoms with van der Waals surface area (Å²) in [4.78, 5) is 35.0. The second-order valence-corrected chi connectivity index (χ2v) is 10.9. The minimum atomic E-state index is -1.55. The standard InChI is InChI=1S/C31H29FN4O5/c1-30(29(33)38)16-41-27-22(30)14-24(36-26(27)17-5-9-21(32)10-6-17)31(39,20-7-8-20)15-35-28(37)19-12-18-4-3-11-34-25(18)23(13-19)40-2/h3-6,9-14,20,39H,7-8,15-16H2,1-2H3,(H2,33,38)(H,35,37)/t30-,31?/m0/s1. The van der Waals surface area contributed by atoms with E-state index in [1.807, 2.05) is 6.07 Å². The van der Waals surface area contributed by atoms with Gasteiger partial charge in [0.2, 0.25) is 5.91 Å². The molecule has 1 unspecified atom stereocenters. The monoisotopic (exact) mass is 556 g/mol. The molecule has 0 radical (unpaired) electrons. The molecule has 1 aliphatic carbocycles. The van der Waals surface area contributed by atoms with E-state index in [0.29, 0.717) is 39.4 Å². The number of nitrogens with zero attached hydrogens (tertiary/aromatic N) is 2. The number of rotatable bonds is 8. The summed E-state index contributed by atoms with van der Waals surface area (Å²) in [7, 11) is 1.51. The maximum Gasteiger partial charge on any atom is 0.251 e. The van der Waals surface area contributed by atoms with Gasteiger partial charge in [-0.15, -0.1) is 0 Å². The molecular formula is C31H29FN4O5. The molecule has 41 heavy (non-hydrogen) atoms. The summed E-state index contributed by atoms with van der Waals surface area (Å²) in [6.07, 6.45) is 3.12. The number of methoxy groups -OCH3 is 1. The summed E-state index contributed by atoms with van der Waals surface area (Å²) in [5.74, 6) is -0.754. The fourth-order valence-electron chi connectivity index (χ4n) is 5.38. The van der Waals surface area contributed by atoms with Crippen molar-refractivity contribution < 1.29 is 28.6 Å². The molecule has 4 N–H and O–H groups in total. The van der Waals surface area contributed by atoms with E-state index in [1.165, 1.54) is 19.2 Å². The molecule has 1 saturated carbocycles. The van der Waals surface area contributed by atoms with Gasteiger partial charge in [0.1, 0.15) is 46.1 Å². The van der Waals surface area contributed by atoms with E-state index in [2.05, 4.69) is 10.3 Å². The number of nitrogens with two attached hydrogens (primary N) is 1. The number of carbonyl (C=O) groups excluding carboxylic acids is 2. The number of pyridine rings is 2. The van der Waals surface area contributed by atoms with Crippen LogP contribution in [0.15, 0.2) is 60.8 Å². The van der Waals surface area contributed by atoms with Crippen LogP contribution in [0.25, 0.3) is 22.2 Å². The van der Waals surface area contributed by atoms with Crippen LogP contribution in [0, 0.1) is 11.7 Å². The number of primary amides is 1. The highest BCUT2D eigenvalue weighted by Crippen LogP contribution is 2.50. The first-order valence-electron chi connectivity index (χ1n) is 13.3. The van der Waals surface area contributed by atoms with Gasteiger partial charge in [-0.05, 0) is 74.2 Å². The molecule has 0 saturated heterocycles. The number of aromatic nitrogens is 2. The predicted octanol–water partition coefficient (Wildman–Crippen LogP) is 3.61. The average molecular weight is 557 g/mol. The second kappa shape index (κ2) is 9.81. The van der Waals surface area contributed by atoms with Gasteiger partial charge in [-0.1, -0.05) is 6.07 Å². The lowest BCUT2D eigenvalue weighted by Crippen LogP contribution is -2.44. The highest BCUT2D eigenvalue weighted by atomic mass is 19.1. The van der Waals surface area contributed by atoms with Crippen molar-refractivity contribution in [2.24, 2.45) is 11.7 Å². The number of nitrogens with one attached hydrogen (secondary N) is 1. The first-order chi connectivity index (χ1) is 19.6. The van der Waals surface area contributed by atoms with Crippen molar-refractivity contribution in [1.82, 2.24) is 15.3 Å². The van der Waals surface area contributed by atoms with Gasteiger partial charge < -0.3 is 25.6 Å². The van der Waals surface area contributed by atoms with Crippen LogP contribution < -0.4 is 20.5 Å². The second-order valence-electron chi connectivity index (χ2n) is 10.9. The molecule has 1 fully saturated rings. The Hall–Kier alpha value is -4.57. The SMILES string of the molecule is COc1cc(C(=O)NCC(O)(c2cc3c(c(-c4ccc(F)cc4)n2)OC[C@]3(C)C(N)=O)C2CC2)cc2cccnc12. The lowest BCUT2D eigenvalue weighted by molar-refractivity contribution is -0.123. The lowest BCUT2D eigenvalue weighted by Gasteiger charge is -2.30. The average Bonchev–Trinajstić information content (AvgIpc) is 3.79. The van der Waals surface area contributed by atoms with Gasteiger partial charge in [0.25, 0.3) is 5.91 Å². The van der Waals surface area contributed by atoms with E-state index in [0.717, 1.165) is 18.2 Å². The number of ether oxygens (including phenoxy) is 2. The first-order valence-corrected chi connectivity index (χ1v) is 13.3. The lowest BCUT2D eigenvalue weighted by atomic mass is 9.81. The van der Waals surface area contributed by atoms with Gasteiger partial charge in [0.05, 0.1) is 19.3 Å². The Balaban J connectivity index is 1.39. The van der Waals surface area contributed by atoms with Gasteiger partial charge in [0.15, 0.2) is 0 Å². The van der Waals surface area contributed by atoms with E-state index < -0.39 is 28.6 Å². The number of benzene rings is 2. The van der Waals surface area contributed by atoms with Crippen LogP contribution >= 0.6 is 0 Å². The van der Waals surface area contributed by atoms with Crippen molar-refractivity contribution in [3.63, 3.8) is 0 Å². The van der Waals surface area contributed by atoms with Gasteiger partial charge in [0, 0.05) is 28.3 Å². The highest BCUT2D eigenvalue weighted by Gasteiger charge is 2.50. The van der Waals surface area contributed by atoms with Crippen molar-refractivity contribution >= 4 is 22.7 Å². The number of carbonyl (C=O) groups is 2. The van der Waals surface area contributed by atoms with Crippen molar-refractivity contribution in [3.05, 3.63) is 83.4 Å². The van der Waals surface area contributed by atoms with Crippen LogP contribution in [-0.2, 0) is 15.8 Å². The summed E-state index contributed by atoms with van der Waals surface area (Å²) >= 11 is 0. The van der Waals surface area contributed by atoms with Crippen molar-refractivity contribution in [3.8, 4) is 22.8 Å². The topological polar surface area (TPSA) is 137 Å².